The highest BCUT2D eigenvalue weighted by Gasteiger charge is 2.23. The first kappa shape index (κ1) is 32.8. The van der Waals surface area contributed by atoms with Crippen LogP contribution in [-0.2, 0) is 30.4 Å². The molecule has 0 bridgehead atoms. The van der Waals surface area contributed by atoms with Crippen LogP contribution in [0.4, 0.5) is 0 Å². The maximum Gasteiger partial charge on any atom is 0.317 e. The molecule has 4 N–H and O–H groups in total. The average Bonchev–Trinajstić information content (AvgIpc) is 2.89. The maximum atomic E-state index is 13.1. The molecule has 222 valence electrons. The number of carbonyl (C=O) groups excluding carboxylic acids is 2. The first-order valence-corrected chi connectivity index (χ1v) is 13.5. The molecule has 1 aliphatic rings. The summed E-state index contributed by atoms with van der Waals surface area (Å²) in [5.74, 6) is -3.49. The lowest BCUT2D eigenvalue weighted by Gasteiger charge is -2.33. The third-order valence-electron chi connectivity index (χ3n) is 6.73. The predicted octanol–water partition coefficient (Wildman–Crippen LogP) is -0.832. The molecule has 0 aliphatic carbocycles. The highest BCUT2D eigenvalue weighted by molar-refractivity contribution is 5.89. The molecule has 2 rings (SSSR count). The van der Waals surface area contributed by atoms with Crippen LogP contribution >= 0.6 is 0 Å². The molecule has 0 radical (unpaired) electrons. The van der Waals surface area contributed by atoms with Crippen molar-refractivity contribution in [3.05, 3.63) is 35.9 Å². The molecular weight excluding hydrogens is 522 g/mol. The number of ketones is 1. The zero-order chi connectivity index (χ0) is 29.5. The lowest BCUT2D eigenvalue weighted by molar-refractivity contribution is -0.140. The zero-order valence-corrected chi connectivity index (χ0v) is 23.0. The Balaban J connectivity index is 2.15. The van der Waals surface area contributed by atoms with Crippen molar-refractivity contribution in [2.45, 2.75) is 25.8 Å². The van der Waals surface area contributed by atoms with Gasteiger partial charge in [-0.25, -0.2) is 0 Å². The average molecular weight is 564 g/mol. The number of nitrogens with zero attached hydrogens (tertiary/aromatic N) is 4. The SMILES string of the molecule is CCC(=O)C(Cc1ccccc1)NC(=O)CN1CCN(CC(=O)O)CCN(CC(=O)O)CCN(CC(=O)O)CC1. The van der Waals surface area contributed by atoms with Crippen molar-refractivity contribution in [3.63, 3.8) is 0 Å². The lowest BCUT2D eigenvalue weighted by atomic mass is 10.0. The Morgan fingerprint density at radius 3 is 1.40 bits per heavy atom. The van der Waals surface area contributed by atoms with E-state index in [9.17, 15) is 39.3 Å². The molecule has 1 aliphatic heterocycles. The summed E-state index contributed by atoms with van der Waals surface area (Å²) >= 11 is 0. The Morgan fingerprint density at radius 1 is 0.675 bits per heavy atom. The quantitative estimate of drug-likeness (QED) is 0.235. The van der Waals surface area contributed by atoms with E-state index in [0.29, 0.717) is 58.8 Å². The number of hydrogen-bond acceptors (Lipinski definition) is 9. The minimum atomic E-state index is -1.02. The van der Waals surface area contributed by atoms with Crippen LogP contribution in [0.25, 0.3) is 0 Å². The number of hydrogen-bond donors (Lipinski definition) is 4. The standard InChI is InChI=1S/C27H41N5O8/c1-2-23(33)22(16-21-6-4-3-5-7-21)28-24(34)17-29-8-10-30(18-25(35)36)12-14-32(20-27(39)40)15-13-31(11-9-29)19-26(37)38/h3-7,22H,2,8-20H2,1H3,(H,28,34)(H,35,36)(H,37,38)(H,39,40). The molecule has 1 aromatic carbocycles. The zero-order valence-electron chi connectivity index (χ0n) is 23.0. The Labute approximate surface area is 234 Å². The normalized spacial score (nSPS) is 17.7. The minimum absolute atomic E-state index is 0.0464. The van der Waals surface area contributed by atoms with E-state index in [-0.39, 0.29) is 44.3 Å². The molecule has 13 nitrogen and oxygen atoms in total. The van der Waals surface area contributed by atoms with E-state index in [4.69, 9.17) is 0 Å². The maximum absolute atomic E-state index is 13.1. The Bertz CT molecular complexity index is 960. The number of Topliss-reactive ketones (excluding diaryl/α,β-unsaturated/α-hetero) is 1. The molecular formula is C27H41N5O8. The van der Waals surface area contributed by atoms with Gasteiger partial charge in [-0.2, -0.15) is 0 Å². The van der Waals surface area contributed by atoms with E-state index >= 15 is 0 Å². The van der Waals surface area contributed by atoms with Crippen LogP contribution in [0, 0.1) is 0 Å². The number of amides is 1. The summed E-state index contributed by atoms with van der Waals surface area (Å²) in [7, 11) is 0. The van der Waals surface area contributed by atoms with Gasteiger partial charge in [-0.1, -0.05) is 37.3 Å². The molecule has 1 unspecified atom stereocenters. The first-order valence-electron chi connectivity index (χ1n) is 13.5. The summed E-state index contributed by atoms with van der Waals surface area (Å²) in [6.07, 6.45) is 0.638. The molecule has 13 heteroatoms. The van der Waals surface area contributed by atoms with Crippen LogP contribution in [0.2, 0.25) is 0 Å². The smallest absolute Gasteiger partial charge is 0.317 e. The molecule has 1 fully saturated rings. The number of carboxylic acids is 3. The highest BCUT2D eigenvalue weighted by Crippen LogP contribution is 2.07. The van der Waals surface area contributed by atoms with Gasteiger partial charge in [0.05, 0.1) is 32.2 Å². The Hall–Kier alpha value is -3.39. The van der Waals surface area contributed by atoms with Gasteiger partial charge in [0, 0.05) is 58.8 Å². The summed E-state index contributed by atoms with van der Waals surface area (Å²) in [6.45, 7) is 3.41. The molecule has 1 heterocycles. The monoisotopic (exact) mass is 563 g/mol. The second kappa shape index (κ2) is 17.3. The summed E-state index contributed by atoms with van der Waals surface area (Å²) in [4.78, 5) is 66.8. The van der Waals surface area contributed by atoms with Gasteiger partial charge < -0.3 is 20.6 Å². The summed E-state index contributed by atoms with van der Waals surface area (Å²) < 4.78 is 0. The fourth-order valence-corrected chi connectivity index (χ4v) is 4.57. The van der Waals surface area contributed by atoms with Crippen LogP contribution < -0.4 is 5.32 Å². The van der Waals surface area contributed by atoms with Crippen molar-refractivity contribution in [3.8, 4) is 0 Å². The van der Waals surface area contributed by atoms with Gasteiger partial charge in [-0.3, -0.25) is 43.6 Å². The molecule has 0 saturated carbocycles. The van der Waals surface area contributed by atoms with Crippen molar-refractivity contribution in [1.29, 1.82) is 0 Å². The summed E-state index contributed by atoms with van der Waals surface area (Å²) in [5, 5.41) is 30.9. The van der Waals surface area contributed by atoms with Gasteiger partial charge >= 0.3 is 17.9 Å². The van der Waals surface area contributed by atoms with Crippen molar-refractivity contribution >= 4 is 29.6 Å². The van der Waals surface area contributed by atoms with Crippen molar-refractivity contribution in [2.24, 2.45) is 0 Å². The predicted molar refractivity (Wildman–Crippen MR) is 146 cm³/mol. The van der Waals surface area contributed by atoms with Gasteiger partial charge in [-0.15, -0.1) is 0 Å². The molecule has 0 aromatic heterocycles. The fraction of sp³-hybridized carbons (Fsp3) is 0.593. The number of carboxylic acid groups (broad SMARTS) is 3. The van der Waals surface area contributed by atoms with Crippen LogP contribution in [0.3, 0.4) is 0 Å². The molecule has 40 heavy (non-hydrogen) atoms. The third kappa shape index (κ3) is 13.1. The first-order chi connectivity index (χ1) is 19.0. The van der Waals surface area contributed by atoms with Gasteiger partial charge in [-0.05, 0) is 12.0 Å². The van der Waals surface area contributed by atoms with Crippen LogP contribution in [0.5, 0.6) is 0 Å². The van der Waals surface area contributed by atoms with E-state index in [1.165, 1.54) is 0 Å². The van der Waals surface area contributed by atoms with Gasteiger partial charge in [0.1, 0.15) is 0 Å². The van der Waals surface area contributed by atoms with Crippen LogP contribution in [0.1, 0.15) is 18.9 Å². The molecule has 1 atom stereocenters. The number of benzene rings is 1. The second-order valence-corrected chi connectivity index (χ2v) is 9.92. The lowest BCUT2D eigenvalue weighted by Crippen LogP contribution is -2.51. The molecule has 1 saturated heterocycles. The van der Waals surface area contributed by atoms with Gasteiger partial charge in [0.2, 0.25) is 5.91 Å². The topological polar surface area (TPSA) is 171 Å². The van der Waals surface area contributed by atoms with E-state index in [2.05, 4.69) is 5.32 Å². The van der Waals surface area contributed by atoms with Crippen molar-refractivity contribution in [1.82, 2.24) is 24.9 Å². The number of rotatable bonds is 13. The van der Waals surface area contributed by atoms with Crippen LogP contribution in [0.15, 0.2) is 30.3 Å². The molecule has 1 aromatic rings. The largest absolute Gasteiger partial charge is 0.480 e. The van der Waals surface area contributed by atoms with E-state index in [0.717, 1.165) is 5.56 Å². The third-order valence-corrected chi connectivity index (χ3v) is 6.73. The summed E-state index contributed by atoms with van der Waals surface area (Å²) in [6, 6.07) is 8.72. The molecule has 1 amide bonds. The second-order valence-electron chi connectivity index (χ2n) is 9.92. The van der Waals surface area contributed by atoms with Gasteiger partial charge in [0.25, 0.3) is 0 Å². The van der Waals surface area contributed by atoms with E-state index < -0.39 is 23.9 Å². The van der Waals surface area contributed by atoms with E-state index in [1.807, 2.05) is 35.2 Å². The van der Waals surface area contributed by atoms with Crippen molar-refractivity contribution < 1.29 is 39.3 Å². The fourth-order valence-electron chi connectivity index (χ4n) is 4.57. The Morgan fingerprint density at radius 2 is 1.05 bits per heavy atom. The highest BCUT2D eigenvalue weighted by atomic mass is 16.4. The number of carbonyl (C=O) groups is 5. The van der Waals surface area contributed by atoms with E-state index in [1.54, 1.807) is 21.6 Å². The van der Waals surface area contributed by atoms with Crippen LogP contribution in [-0.4, -0.2) is 149 Å². The van der Waals surface area contributed by atoms with Crippen molar-refractivity contribution in [2.75, 3.05) is 78.5 Å². The minimum Gasteiger partial charge on any atom is -0.480 e. The Kier molecular flexibility index (Phi) is 14.2. The van der Waals surface area contributed by atoms with Gasteiger partial charge in [0.15, 0.2) is 5.78 Å². The number of aliphatic carboxylic acids is 3. The molecule has 0 spiro atoms. The number of nitrogens with one attached hydrogen (secondary N) is 1. The summed E-state index contributed by atoms with van der Waals surface area (Å²) in [5.41, 5.74) is 0.923.